The Bertz CT molecular complexity index is 553. The molecular formula is C13H13ClN2OS. The minimum Gasteiger partial charge on any atom is -0.347 e. The van der Waals surface area contributed by atoms with Gasteiger partial charge in [-0.05, 0) is 23.3 Å². The molecule has 2 aromatic rings. The molecule has 0 fully saturated rings. The maximum atomic E-state index is 11.8. The first-order valence-corrected chi connectivity index (χ1v) is 6.70. The van der Waals surface area contributed by atoms with Crippen LogP contribution in [0.15, 0.2) is 36.4 Å². The van der Waals surface area contributed by atoms with E-state index >= 15 is 0 Å². The zero-order valence-corrected chi connectivity index (χ0v) is 11.2. The molecule has 3 N–H and O–H groups in total. The number of thiophene rings is 1. The number of carbonyl (C=O) groups excluding carboxylic acids is 1. The molecule has 0 unspecified atom stereocenters. The molecule has 0 saturated heterocycles. The summed E-state index contributed by atoms with van der Waals surface area (Å²) in [6.45, 7) is 0.991. The fourth-order valence-electron chi connectivity index (χ4n) is 1.57. The minimum atomic E-state index is -0.106. The van der Waals surface area contributed by atoms with Gasteiger partial charge in [0.15, 0.2) is 0 Å². The Morgan fingerprint density at radius 2 is 2.06 bits per heavy atom. The second-order valence-electron chi connectivity index (χ2n) is 3.81. The van der Waals surface area contributed by atoms with Gasteiger partial charge in [0.2, 0.25) is 0 Å². The maximum Gasteiger partial charge on any atom is 0.261 e. The number of hydrogen-bond acceptors (Lipinski definition) is 3. The van der Waals surface area contributed by atoms with E-state index in [0.29, 0.717) is 22.3 Å². The number of carbonyl (C=O) groups is 1. The van der Waals surface area contributed by atoms with Gasteiger partial charge in [0.25, 0.3) is 5.91 Å². The summed E-state index contributed by atoms with van der Waals surface area (Å²) in [5.74, 6) is -0.106. The molecule has 0 aliphatic heterocycles. The lowest BCUT2D eigenvalue weighted by Crippen LogP contribution is -2.21. The van der Waals surface area contributed by atoms with Crippen molar-refractivity contribution in [3.63, 3.8) is 0 Å². The summed E-state index contributed by atoms with van der Waals surface area (Å²) in [5, 5.41) is 2.85. The molecule has 18 heavy (non-hydrogen) atoms. The quantitative estimate of drug-likeness (QED) is 0.905. The van der Waals surface area contributed by atoms with Gasteiger partial charge in [-0.3, -0.25) is 4.79 Å². The van der Waals surface area contributed by atoms with Crippen molar-refractivity contribution >= 4 is 28.8 Å². The van der Waals surface area contributed by atoms with Crippen molar-refractivity contribution in [2.75, 3.05) is 0 Å². The molecule has 1 aromatic heterocycles. The molecule has 5 heteroatoms. The minimum absolute atomic E-state index is 0.106. The molecule has 0 spiro atoms. The topological polar surface area (TPSA) is 55.1 Å². The van der Waals surface area contributed by atoms with E-state index in [9.17, 15) is 4.79 Å². The monoisotopic (exact) mass is 280 g/mol. The normalized spacial score (nSPS) is 10.3. The molecule has 0 saturated carbocycles. The van der Waals surface area contributed by atoms with Crippen LogP contribution in [0.5, 0.6) is 0 Å². The van der Waals surface area contributed by atoms with Crippen LogP contribution in [-0.2, 0) is 13.1 Å². The van der Waals surface area contributed by atoms with E-state index in [1.54, 1.807) is 12.1 Å². The van der Waals surface area contributed by atoms with Gasteiger partial charge in [-0.25, -0.2) is 0 Å². The van der Waals surface area contributed by atoms with Crippen molar-refractivity contribution in [3.05, 3.63) is 56.7 Å². The molecule has 1 aromatic carbocycles. The zero-order chi connectivity index (χ0) is 13.0. The van der Waals surface area contributed by atoms with Crippen LogP contribution in [0.4, 0.5) is 0 Å². The highest BCUT2D eigenvalue weighted by Gasteiger charge is 2.07. The Hall–Kier alpha value is -1.36. The summed E-state index contributed by atoms with van der Waals surface area (Å²) < 4.78 is 0.616. The molecule has 0 atom stereocenters. The summed E-state index contributed by atoms with van der Waals surface area (Å²) in [5.41, 5.74) is 7.66. The molecule has 2 rings (SSSR count). The lowest BCUT2D eigenvalue weighted by molar-refractivity contribution is 0.0955. The third kappa shape index (κ3) is 3.32. The Kier molecular flexibility index (Phi) is 4.36. The fraction of sp³-hybridized carbons (Fsp3) is 0.154. The third-order valence-corrected chi connectivity index (χ3v) is 3.71. The fourth-order valence-corrected chi connectivity index (χ4v) is 2.53. The van der Waals surface area contributed by atoms with Crippen molar-refractivity contribution in [1.29, 1.82) is 0 Å². The molecule has 0 aliphatic carbocycles. The van der Waals surface area contributed by atoms with Crippen LogP contribution >= 0.6 is 22.9 Å². The van der Waals surface area contributed by atoms with E-state index < -0.39 is 0 Å². The van der Waals surface area contributed by atoms with Crippen LogP contribution in [-0.4, -0.2) is 5.91 Å². The smallest absolute Gasteiger partial charge is 0.261 e. The first-order chi connectivity index (χ1) is 8.69. The Morgan fingerprint density at radius 1 is 1.28 bits per heavy atom. The largest absolute Gasteiger partial charge is 0.347 e. The number of hydrogen-bond donors (Lipinski definition) is 2. The SMILES string of the molecule is NCc1cccc(CNC(=O)c2ccc(Cl)s2)c1. The van der Waals surface area contributed by atoms with Crippen molar-refractivity contribution in [2.45, 2.75) is 13.1 Å². The van der Waals surface area contributed by atoms with Gasteiger partial charge >= 0.3 is 0 Å². The van der Waals surface area contributed by atoms with Crippen molar-refractivity contribution in [3.8, 4) is 0 Å². The molecule has 94 valence electrons. The van der Waals surface area contributed by atoms with Crippen molar-refractivity contribution < 1.29 is 4.79 Å². The second-order valence-corrected chi connectivity index (χ2v) is 5.53. The Morgan fingerprint density at radius 3 is 2.72 bits per heavy atom. The number of rotatable bonds is 4. The molecule has 1 heterocycles. The van der Waals surface area contributed by atoms with Gasteiger partial charge in [0, 0.05) is 13.1 Å². The summed E-state index contributed by atoms with van der Waals surface area (Å²) in [6.07, 6.45) is 0. The summed E-state index contributed by atoms with van der Waals surface area (Å²) >= 11 is 7.06. The van der Waals surface area contributed by atoms with Crippen LogP contribution in [0.25, 0.3) is 0 Å². The molecule has 3 nitrogen and oxygen atoms in total. The molecule has 0 aliphatic rings. The molecule has 0 radical (unpaired) electrons. The van der Waals surface area contributed by atoms with E-state index in [0.717, 1.165) is 11.1 Å². The van der Waals surface area contributed by atoms with Crippen LogP contribution in [0.3, 0.4) is 0 Å². The van der Waals surface area contributed by atoms with E-state index in [1.165, 1.54) is 11.3 Å². The Balaban J connectivity index is 1.97. The van der Waals surface area contributed by atoms with E-state index in [-0.39, 0.29) is 5.91 Å². The summed E-state index contributed by atoms with van der Waals surface area (Å²) in [7, 11) is 0. The van der Waals surface area contributed by atoms with Crippen LogP contribution in [0.1, 0.15) is 20.8 Å². The van der Waals surface area contributed by atoms with E-state index in [1.807, 2.05) is 24.3 Å². The van der Waals surface area contributed by atoms with Gasteiger partial charge in [0.05, 0.1) is 9.21 Å². The highest BCUT2D eigenvalue weighted by atomic mass is 35.5. The van der Waals surface area contributed by atoms with E-state index in [4.69, 9.17) is 17.3 Å². The van der Waals surface area contributed by atoms with Gasteiger partial charge < -0.3 is 11.1 Å². The van der Waals surface area contributed by atoms with Crippen LogP contribution in [0.2, 0.25) is 4.34 Å². The number of amides is 1. The lowest BCUT2D eigenvalue weighted by Gasteiger charge is -2.05. The van der Waals surface area contributed by atoms with Gasteiger partial charge in [-0.2, -0.15) is 0 Å². The third-order valence-electron chi connectivity index (χ3n) is 2.48. The summed E-state index contributed by atoms with van der Waals surface area (Å²) in [6, 6.07) is 11.3. The number of halogens is 1. The predicted molar refractivity (Wildman–Crippen MR) is 74.8 cm³/mol. The van der Waals surface area contributed by atoms with Gasteiger partial charge in [0.1, 0.15) is 0 Å². The van der Waals surface area contributed by atoms with Crippen LogP contribution < -0.4 is 11.1 Å². The maximum absolute atomic E-state index is 11.8. The summed E-state index contributed by atoms with van der Waals surface area (Å²) in [4.78, 5) is 12.4. The highest BCUT2D eigenvalue weighted by Crippen LogP contribution is 2.21. The molecule has 0 bridgehead atoms. The first kappa shape index (κ1) is 13.1. The second kappa shape index (κ2) is 6.00. The van der Waals surface area contributed by atoms with Crippen molar-refractivity contribution in [1.82, 2.24) is 5.32 Å². The van der Waals surface area contributed by atoms with E-state index in [2.05, 4.69) is 5.32 Å². The lowest BCUT2D eigenvalue weighted by atomic mass is 10.1. The van der Waals surface area contributed by atoms with Gasteiger partial charge in [-0.15, -0.1) is 11.3 Å². The number of nitrogens with two attached hydrogens (primary N) is 1. The van der Waals surface area contributed by atoms with Crippen LogP contribution in [0, 0.1) is 0 Å². The number of nitrogens with one attached hydrogen (secondary N) is 1. The zero-order valence-electron chi connectivity index (χ0n) is 9.65. The molecule has 1 amide bonds. The standard InChI is InChI=1S/C13H13ClN2OS/c14-12-5-4-11(18-12)13(17)16-8-10-3-1-2-9(6-10)7-15/h1-6H,7-8,15H2,(H,16,17). The highest BCUT2D eigenvalue weighted by molar-refractivity contribution is 7.17. The molecular weight excluding hydrogens is 268 g/mol. The average Bonchev–Trinajstić information content (AvgIpc) is 2.83. The average molecular weight is 281 g/mol. The van der Waals surface area contributed by atoms with Crippen molar-refractivity contribution in [2.24, 2.45) is 5.73 Å². The number of benzene rings is 1. The predicted octanol–water partition coefficient (Wildman–Crippen LogP) is 2.79. The first-order valence-electron chi connectivity index (χ1n) is 5.50. The van der Waals surface area contributed by atoms with Gasteiger partial charge in [-0.1, -0.05) is 35.9 Å². The Labute approximate surface area is 115 Å².